The van der Waals surface area contributed by atoms with Crippen LogP contribution in [-0.2, 0) is 16.2 Å². The van der Waals surface area contributed by atoms with Crippen LogP contribution in [0.3, 0.4) is 0 Å². The van der Waals surface area contributed by atoms with Crippen LogP contribution in [0, 0.1) is 0 Å². The number of fused-ring (bicyclic) bond motifs is 9. The zero-order valence-electron chi connectivity index (χ0n) is 32.3. The zero-order valence-corrected chi connectivity index (χ0v) is 32.3. The van der Waals surface area contributed by atoms with Crippen LogP contribution in [0.15, 0.2) is 152 Å². The number of rotatable bonds is 4. The highest BCUT2D eigenvalue weighted by atomic mass is 15.0. The number of benzene rings is 7. The molecule has 0 unspecified atom stereocenters. The average Bonchev–Trinajstić information content (AvgIpc) is 3.46. The summed E-state index contributed by atoms with van der Waals surface area (Å²) in [5.74, 6) is 1.98. The fraction of sp³-hybridized carbons (Fsp3) is 0.173. The minimum atomic E-state index is -0.236. The summed E-state index contributed by atoms with van der Waals surface area (Å²) in [4.78, 5) is 15.1. The van der Waals surface area contributed by atoms with Crippen molar-refractivity contribution in [1.82, 2.24) is 15.0 Å². The Balaban J connectivity index is 1.17. The molecular formula is C52H43N3. The molecule has 8 aromatic rings. The van der Waals surface area contributed by atoms with Gasteiger partial charge in [0.15, 0.2) is 17.5 Å². The second kappa shape index (κ2) is 11.9. The predicted octanol–water partition coefficient (Wildman–Crippen LogP) is 13.2. The van der Waals surface area contributed by atoms with Gasteiger partial charge in [0.2, 0.25) is 0 Å². The normalized spacial score (nSPS) is 15.5. The topological polar surface area (TPSA) is 38.7 Å². The third-order valence-corrected chi connectivity index (χ3v) is 13.1. The fourth-order valence-corrected chi connectivity index (χ4v) is 9.48. The molecular weight excluding hydrogens is 667 g/mol. The molecule has 3 heteroatoms. The van der Waals surface area contributed by atoms with Crippen molar-refractivity contribution in [3.05, 3.63) is 174 Å². The quantitative estimate of drug-likeness (QED) is 0.183. The molecule has 0 amide bonds. The molecule has 0 fully saturated rings. The molecule has 0 aliphatic heterocycles. The van der Waals surface area contributed by atoms with Crippen LogP contribution < -0.4 is 0 Å². The van der Waals surface area contributed by atoms with Crippen molar-refractivity contribution in [2.75, 3.05) is 0 Å². The summed E-state index contributed by atoms with van der Waals surface area (Å²) in [7, 11) is 0. The Hall–Kier alpha value is -6.19. The molecule has 0 bridgehead atoms. The van der Waals surface area contributed by atoms with Gasteiger partial charge in [-0.25, -0.2) is 15.0 Å². The smallest absolute Gasteiger partial charge is 0.164 e. The maximum absolute atomic E-state index is 5.06. The van der Waals surface area contributed by atoms with Crippen molar-refractivity contribution in [1.29, 1.82) is 0 Å². The van der Waals surface area contributed by atoms with Gasteiger partial charge in [-0.05, 0) is 89.4 Å². The summed E-state index contributed by atoms with van der Waals surface area (Å²) in [6.07, 6.45) is 0. The van der Waals surface area contributed by atoms with Gasteiger partial charge in [0, 0.05) is 22.1 Å². The van der Waals surface area contributed by atoms with E-state index < -0.39 is 0 Å². The second-order valence-electron chi connectivity index (χ2n) is 16.8. The Morgan fingerprint density at radius 1 is 0.345 bits per heavy atom. The molecule has 0 atom stereocenters. The Kier molecular flexibility index (Phi) is 7.23. The predicted molar refractivity (Wildman–Crippen MR) is 228 cm³/mol. The van der Waals surface area contributed by atoms with Gasteiger partial charge in [0.25, 0.3) is 0 Å². The van der Waals surface area contributed by atoms with Crippen LogP contribution in [0.2, 0.25) is 0 Å². The monoisotopic (exact) mass is 709 g/mol. The molecule has 0 saturated carbocycles. The molecule has 2 aliphatic carbocycles. The number of aromatic nitrogens is 3. The van der Waals surface area contributed by atoms with Crippen LogP contribution in [0.4, 0.5) is 0 Å². The van der Waals surface area contributed by atoms with E-state index in [9.17, 15) is 0 Å². The van der Waals surface area contributed by atoms with E-state index in [1.165, 1.54) is 60.8 Å². The van der Waals surface area contributed by atoms with E-state index in [1.807, 2.05) is 36.4 Å². The van der Waals surface area contributed by atoms with Crippen LogP contribution in [0.1, 0.15) is 63.8 Å². The van der Waals surface area contributed by atoms with Crippen LogP contribution in [0.25, 0.3) is 78.3 Å². The Morgan fingerprint density at radius 2 is 0.873 bits per heavy atom. The van der Waals surface area contributed by atoms with Gasteiger partial charge in [-0.15, -0.1) is 0 Å². The number of hydrogen-bond donors (Lipinski definition) is 0. The van der Waals surface area contributed by atoms with Gasteiger partial charge in [-0.1, -0.05) is 181 Å². The van der Waals surface area contributed by atoms with Gasteiger partial charge in [-0.3, -0.25) is 0 Å². The van der Waals surface area contributed by atoms with Crippen LogP contribution in [-0.4, -0.2) is 15.0 Å². The molecule has 10 rings (SSSR count). The van der Waals surface area contributed by atoms with Gasteiger partial charge in [0.05, 0.1) is 0 Å². The first-order chi connectivity index (χ1) is 26.6. The Bertz CT molecular complexity index is 2770. The lowest BCUT2D eigenvalue weighted by Crippen LogP contribution is -2.44. The molecule has 0 radical (unpaired) electrons. The van der Waals surface area contributed by atoms with E-state index in [1.54, 1.807) is 0 Å². The molecule has 0 saturated heterocycles. The van der Waals surface area contributed by atoms with Crippen molar-refractivity contribution in [2.24, 2.45) is 0 Å². The molecule has 7 aromatic carbocycles. The first-order valence-corrected chi connectivity index (χ1v) is 19.4. The Morgan fingerprint density at radius 3 is 1.55 bits per heavy atom. The minimum absolute atomic E-state index is 0.0203. The molecule has 0 spiro atoms. The van der Waals surface area contributed by atoms with Crippen molar-refractivity contribution in [2.45, 2.75) is 57.8 Å². The Labute approximate surface area is 323 Å². The largest absolute Gasteiger partial charge is 0.208 e. The lowest BCUT2D eigenvalue weighted by atomic mass is 9.54. The van der Waals surface area contributed by atoms with Crippen molar-refractivity contribution >= 4 is 10.8 Å². The van der Waals surface area contributed by atoms with Gasteiger partial charge in [-0.2, -0.15) is 0 Å². The van der Waals surface area contributed by atoms with E-state index in [4.69, 9.17) is 15.0 Å². The highest BCUT2D eigenvalue weighted by Crippen LogP contribution is 2.61. The van der Waals surface area contributed by atoms with E-state index in [-0.39, 0.29) is 16.2 Å². The summed E-state index contributed by atoms with van der Waals surface area (Å²) in [6, 6.07) is 54.5. The van der Waals surface area contributed by atoms with Crippen LogP contribution in [0.5, 0.6) is 0 Å². The van der Waals surface area contributed by atoms with Crippen LogP contribution >= 0.6 is 0 Å². The SMILES string of the molecule is CC1(C)c2cc(-c3cccc(-c4nc(-c5ccccc5)nc(-c5ccccc5)n4)c3)c3ccccc3c2-c2ccc3c(c21)-c1ccccc1C(C)(C)C3(C)C. The lowest BCUT2D eigenvalue weighted by molar-refractivity contribution is 0.298. The average molecular weight is 710 g/mol. The summed E-state index contributed by atoms with van der Waals surface area (Å²) >= 11 is 0. The van der Waals surface area contributed by atoms with Gasteiger partial charge in [0.1, 0.15) is 0 Å². The second-order valence-corrected chi connectivity index (χ2v) is 16.8. The van der Waals surface area contributed by atoms with Gasteiger partial charge >= 0.3 is 0 Å². The molecule has 1 heterocycles. The first-order valence-electron chi connectivity index (χ1n) is 19.4. The zero-order chi connectivity index (χ0) is 37.7. The fourth-order valence-electron chi connectivity index (χ4n) is 9.48. The molecule has 3 nitrogen and oxygen atoms in total. The lowest BCUT2D eigenvalue weighted by Gasteiger charge is -2.49. The van der Waals surface area contributed by atoms with E-state index in [0.717, 1.165) is 22.3 Å². The first kappa shape index (κ1) is 33.4. The highest BCUT2D eigenvalue weighted by molar-refractivity contribution is 6.10. The minimum Gasteiger partial charge on any atom is -0.208 e. The van der Waals surface area contributed by atoms with E-state index in [2.05, 4.69) is 157 Å². The molecule has 55 heavy (non-hydrogen) atoms. The van der Waals surface area contributed by atoms with Gasteiger partial charge < -0.3 is 0 Å². The maximum Gasteiger partial charge on any atom is 0.164 e. The summed E-state index contributed by atoms with van der Waals surface area (Å²) in [6.45, 7) is 14.6. The number of hydrogen-bond acceptors (Lipinski definition) is 3. The highest BCUT2D eigenvalue weighted by Gasteiger charge is 2.49. The molecule has 0 N–H and O–H groups in total. The third-order valence-electron chi connectivity index (χ3n) is 13.1. The molecule has 266 valence electrons. The van der Waals surface area contributed by atoms with Crippen molar-refractivity contribution in [3.63, 3.8) is 0 Å². The third kappa shape index (κ3) is 4.85. The molecule has 1 aromatic heterocycles. The van der Waals surface area contributed by atoms with Crippen molar-refractivity contribution < 1.29 is 0 Å². The number of nitrogens with zero attached hydrogens (tertiary/aromatic N) is 3. The molecule has 2 aliphatic rings. The summed E-state index contributed by atoms with van der Waals surface area (Å²) < 4.78 is 0. The summed E-state index contributed by atoms with van der Waals surface area (Å²) in [5, 5.41) is 2.53. The van der Waals surface area contributed by atoms with E-state index in [0.29, 0.717) is 17.5 Å². The summed E-state index contributed by atoms with van der Waals surface area (Å²) in [5.41, 5.74) is 16.1. The van der Waals surface area contributed by atoms with Crippen molar-refractivity contribution in [3.8, 4) is 67.5 Å². The maximum atomic E-state index is 5.06. The standard InChI is InChI=1S/C52H43N3/c1-50(2)43-31-40(34-22-17-23-35(30-34)49-54-47(32-18-9-7-10-19-32)53-48(55-49)33-20-11-8-12-21-33)36-24-13-14-25-37(36)44(43)39-28-29-42-45(46(39)50)38-26-15-16-27-41(38)51(3,4)52(42,5)6/h7-31H,1-6H3. The van der Waals surface area contributed by atoms with E-state index >= 15 is 0 Å².